The van der Waals surface area contributed by atoms with Crippen molar-refractivity contribution in [3.8, 4) is 0 Å². The summed E-state index contributed by atoms with van der Waals surface area (Å²) < 4.78 is 0. The van der Waals surface area contributed by atoms with Crippen molar-refractivity contribution in [2.75, 3.05) is 12.3 Å². The van der Waals surface area contributed by atoms with Crippen LogP contribution in [0.2, 0.25) is 0 Å². The number of imide groups is 1. The maximum Gasteiger partial charge on any atom is 0.246 e. The van der Waals surface area contributed by atoms with E-state index in [1.54, 1.807) is 0 Å². The Hall–Kier alpha value is -0.550. The molecule has 0 spiro atoms. The topological polar surface area (TPSA) is 49.4 Å². The molecule has 2 rings (SSSR count). The second-order valence-corrected chi connectivity index (χ2v) is 6.85. The van der Waals surface area contributed by atoms with Gasteiger partial charge in [0.15, 0.2) is 0 Å². The predicted molar refractivity (Wildman–Crippen MR) is 78.1 cm³/mol. The van der Waals surface area contributed by atoms with E-state index in [9.17, 15) is 9.59 Å². The predicted octanol–water partition coefficient (Wildman–Crippen LogP) is 1.79. The lowest BCUT2D eigenvalue weighted by atomic mass is 10.2. The number of hydrogen-bond donors (Lipinski definition) is 1. The summed E-state index contributed by atoms with van der Waals surface area (Å²) in [5.74, 6) is 1.09. The molecule has 5 heteroatoms. The van der Waals surface area contributed by atoms with Crippen LogP contribution in [0, 0.1) is 0 Å². The number of rotatable bonds is 6. The molecular weight excluding hydrogens is 260 g/mol. The number of likely N-dealkylation sites (tertiary alicyclic amines) is 1. The average Bonchev–Trinajstić information content (AvgIpc) is 2.91. The zero-order valence-electron chi connectivity index (χ0n) is 11.9. The van der Waals surface area contributed by atoms with Gasteiger partial charge in [-0.15, -0.1) is 0 Å². The Balaban J connectivity index is 1.92. The smallest absolute Gasteiger partial charge is 0.246 e. The minimum atomic E-state index is -0.276. The van der Waals surface area contributed by atoms with E-state index in [0.717, 1.165) is 18.6 Å². The van der Waals surface area contributed by atoms with Crippen LogP contribution in [0.4, 0.5) is 0 Å². The molecule has 1 saturated carbocycles. The van der Waals surface area contributed by atoms with Crippen LogP contribution in [0.25, 0.3) is 0 Å². The van der Waals surface area contributed by atoms with Gasteiger partial charge in [-0.1, -0.05) is 20.3 Å². The first kappa shape index (κ1) is 14.9. The molecule has 2 fully saturated rings. The summed E-state index contributed by atoms with van der Waals surface area (Å²) in [5.41, 5.74) is 0. The van der Waals surface area contributed by atoms with Gasteiger partial charge < -0.3 is 5.32 Å². The highest BCUT2D eigenvalue weighted by molar-refractivity contribution is 7.99. The highest BCUT2D eigenvalue weighted by Gasteiger charge is 2.40. The molecule has 1 aliphatic heterocycles. The third-order valence-corrected chi connectivity index (χ3v) is 5.27. The summed E-state index contributed by atoms with van der Waals surface area (Å²) in [7, 11) is 0. The van der Waals surface area contributed by atoms with Crippen molar-refractivity contribution >= 4 is 23.6 Å². The van der Waals surface area contributed by atoms with Gasteiger partial charge >= 0.3 is 0 Å². The summed E-state index contributed by atoms with van der Waals surface area (Å²) >= 11 is 1.97. The highest BCUT2D eigenvalue weighted by Crippen LogP contribution is 2.31. The molecule has 19 heavy (non-hydrogen) atoms. The molecule has 1 N–H and O–H groups in total. The largest absolute Gasteiger partial charge is 0.302 e. The number of nitrogens with one attached hydrogen (secondary N) is 1. The van der Waals surface area contributed by atoms with Gasteiger partial charge in [-0.05, 0) is 25.0 Å². The van der Waals surface area contributed by atoms with Gasteiger partial charge in [0.25, 0.3) is 0 Å². The van der Waals surface area contributed by atoms with Crippen LogP contribution in [0.3, 0.4) is 0 Å². The molecule has 1 aliphatic carbocycles. The Kier molecular flexibility index (Phi) is 5.28. The third kappa shape index (κ3) is 3.31. The molecule has 0 aromatic heterocycles. The first-order valence-electron chi connectivity index (χ1n) is 7.39. The fourth-order valence-electron chi connectivity index (χ4n) is 3.06. The van der Waals surface area contributed by atoms with Gasteiger partial charge in [0.2, 0.25) is 11.8 Å². The Labute approximate surface area is 119 Å². The highest BCUT2D eigenvalue weighted by atomic mass is 32.2. The lowest BCUT2D eigenvalue weighted by Gasteiger charge is -2.23. The van der Waals surface area contributed by atoms with Gasteiger partial charge in [0, 0.05) is 17.8 Å². The lowest BCUT2D eigenvalue weighted by molar-refractivity contribution is -0.138. The van der Waals surface area contributed by atoms with Crippen molar-refractivity contribution in [1.82, 2.24) is 10.2 Å². The van der Waals surface area contributed by atoms with Crippen molar-refractivity contribution in [3.63, 3.8) is 0 Å². The normalized spacial score (nSPS) is 31.5. The molecule has 0 radical (unpaired) electrons. The van der Waals surface area contributed by atoms with Gasteiger partial charge in [-0.25, -0.2) is 0 Å². The van der Waals surface area contributed by atoms with E-state index >= 15 is 0 Å². The molecule has 3 unspecified atom stereocenters. The van der Waals surface area contributed by atoms with E-state index in [1.165, 1.54) is 17.7 Å². The van der Waals surface area contributed by atoms with Crippen LogP contribution >= 0.6 is 11.8 Å². The molecule has 3 atom stereocenters. The second-order valence-electron chi connectivity index (χ2n) is 5.34. The fraction of sp³-hybridized carbons (Fsp3) is 0.857. The average molecular weight is 284 g/mol. The molecule has 0 aromatic carbocycles. The van der Waals surface area contributed by atoms with Crippen molar-refractivity contribution in [2.24, 2.45) is 0 Å². The van der Waals surface area contributed by atoms with E-state index < -0.39 is 0 Å². The van der Waals surface area contributed by atoms with E-state index in [1.807, 2.05) is 18.7 Å². The lowest BCUT2D eigenvalue weighted by Crippen LogP contribution is -2.46. The second kappa shape index (κ2) is 6.75. The van der Waals surface area contributed by atoms with Crippen molar-refractivity contribution in [2.45, 2.75) is 63.3 Å². The standard InChI is InChI=1S/C14H24N2O2S/c1-3-8-16-13(17)9-11(14(16)18)15-10-6-5-7-12(10)19-4-2/h10-12,15H,3-9H2,1-2H3. The van der Waals surface area contributed by atoms with Crippen molar-refractivity contribution < 1.29 is 9.59 Å². The number of carbonyl (C=O) groups is 2. The Morgan fingerprint density at radius 1 is 1.32 bits per heavy atom. The number of nitrogens with zero attached hydrogens (tertiary/aromatic N) is 1. The van der Waals surface area contributed by atoms with Crippen LogP contribution in [-0.4, -0.2) is 46.3 Å². The van der Waals surface area contributed by atoms with Crippen molar-refractivity contribution in [1.29, 1.82) is 0 Å². The molecule has 0 aromatic rings. The first-order valence-corrected chi connectivity index (χ1v) is 8.44. The number of amides is 2. The molecule has 108 valence electrons. The maximum atomic E-state index is 12.2. The molecule has 1 heterocycles. The number of carbonyl (C=O) groups excluding carboxylic acids is 2. The first-order chi connectivity index (χ1) is 9.17. The monoisotopic (exact) mass is 284 g/mol. The quantitative estimate of drug-likeness (QED) is 0.756. The van der Waals surface area contributed by atoms with Crippen LogP contribution in [0.5, 0.6) is 0 Å². The Bertz CT molecular complexity index is 348. The zero-order valence-corrected chi connectivity index (χ0v) is 12.7. The minimum absolute atomic E-state index is 0.0120. The summed E-state index contributed by atoms with van der Waals surface area (Å²) in [6.45, 7) is 4.73. The van der Waals surface area contributed by atoms with E-state index in [4.69, 9.17) is 0 Å². The summed E-state index contributed by atoms with van der Waals surface area (Å²) in [6.07, 6.45) is 4.76. The molecule has 0 bridgehead atoms. The van der Waals surface area contributed by atoms with Gasteiger partial charge in [0.1, 0.15) is 0 Å². The zero-order chi connectivity index (χ0) is 13.8. The summed E-state index contributed by atoms with van der Waals surface area (Å²) in [4.78, 5) is 25.4. The van der Waals surface area contributed by atoms with Crippen molar-refractivity contribution in [3.05, 3.63) is 0 Å². The third-order valence-electron chi connectivity index (χ3n) is 3.94. The molecule has 4 nitrogen and oxygen atoms in total. The number of hydrogen-bond acceptors (Lipinski definition) is 4. The SMILES string of the molecule is CCCN1C(=O)CC(NC2CCCC2SCC)C1=O. The van der Waals surface area contributed by atoms with Gasteiger partial charge in [-0.3, -0.25) is 14.5 Å². The Morgan fingerprint density at radius 3 is 2.79 bits per heavy atom. The molecular formula is C14H24N2O2S. The van der Waals surface area contributed by atoms with E-state index in [0.29, 0.717) is 24.3 Å². The molecule has 2 aliphatic rings. The Morgan fingerprint density at radius 2 is 2.11 bits per heavy atom. The fourth-order valence-corrected chi connectivity index (χ4v) is 4.27. The number of thioether (sulfide) groups is 1. The van der Waals surface area contributed by atoms with Crippen LogP contribution in [0.15, 0.2) is 0 Å². The minimum Gasteiger partial charge on any atom is -0.302 e. The molecule has 1 saturated heterocycles. The summed E-state index contributed by atoms with van der Waals surface area (Å²) in [5, 5.41) is 4.05. The summed E-state index contributed by atoms with van der Waals surface area (Å²) in [6, 6.07) is 0.121. The van der Waals surface area contributed by atoms with Crippen LogP contribution in [0.1, 0.15) is 46.0 Å². The van der Waals surface area contributed by atoms with Gasteiger partial charge in [-0.2, -0.15) is 11.8 Å². The van der Waals surface area contributed by atoms with Gasteiger partial charge in [0.05, 0.1) is 12.5 Å². The van der Waals surface area contributed by atoms with Crippen LogP contribution in [-0.2, 0) is 9.59 Å². The maximum absolute atomic E-state index is 12.2. The van der Waals surface area contributed by atoms with Crippen LogP contribution < -0.4 is 5.32 Å². The van der Waals surface area contributed by atoms with E-state index in [2.05, 4.69) is 12.2 Å². The molecule has 2 amide bonds. The van der Waals surface area contributed by atoms with E-state index in [-0.39, 0.29) is 17.9 Å².